The van der Waals surface area contributed by atoms with E-state index in [4.69, 9.17) is 11.6 Å². The van der Waals surface area contributed by atoms with Crippen molar-refractivity contribution < 1.29 is 13.2 Å². The number of amides is 1. The van der Waals surface area contributed by atoms with E-state index < -0.39 is 15.4 Å². The lowest BCUT2D eigenvalue weighted by Crippen LogP contribution is -2.41. The van der Waals surface area contributed by atoms with Crippen molar-refractivity contribution in [3.05, 3.63) is 34.9 Å². The molecule has 0 fully saturated rings. The Morgan fingerprint density at radius 1 is 1.27 bits per heavy atom. The van der Waals surface area contributed by atoms with Crippen molar-refractivity contribution in [2.75, 3.05) is 19.3 Å². The van der Waals surface area contributed by atoms with Gasteiger partial charge in [0, 0.05) is 30.1 Å². The Morgan fingerprint density at radius 3 is 2.36 bits per heavy atom. The number of halogens is 1. The summed E-state index contributed by atoms with van der Waals surface area (Å²) in [5, 5.41) is 3.27. The lowest BCUT2D eigenvalue weighted by Gasteiger charge is -2.22. The number of carbonyl (C=O) groups excluding carboxylic acids is 1. The highest BCUT2D eigenvalue weighted by Gasteiger charge is 2.22. The smallest absolute Gasteiger partial charge is 0.225 e. The molecule has 124 valence electrons. The van der Waals surface area contributed by atoms with Crippen LogP contribution in [0.1, 0.15) is 26.3 Å². The first-order valence-corrected chi connectivity index (χ1v) is 9.21. The van der Waals surface area contributed by atoms with Gasteiger partial charge in [0.2, 0.25) is 15.9 Å². The summed E-state index contributed by atoms with van der Waals surface area (Å²) >= 11 is 6.07. The maximum atomic E-state index is 11.9. The molecule has 1 aromatic rings. The van der Waals surface area contributed by atoms with E-state index in [2.05, 4.69) is 5.32 Å². The SMILES string of the molecule is CC(C)(C)C(=O)NCCN(Cc1ccccc1Cl)S(C)(=O)=O. The van der Waals surface area contributed by atoms with Crippen LogP contribution in [0.3, 0.4) is 0 Å². The molecule has 0 unspecified atom stereocenters. The molecule has 0 aliphatic heterocycles. The van der Waals surface area contributed by atoms with Gasteiger partial charge in [-0.3, -0.25) is 4.79 Å². The Morgan fingerprint density at radius 2 is 1.86 bits per heavy atom. The fraction of sp³-hybridized carbons (Fsp3) is 0.533. The van der Waals surface area contributed by atoms with E-state index in [9.17, 15) is 13.2 Å². The molecule has 0 saturated heterocycles. The summed E-state index contributed by atoms with van der Waals surface area (Å²) in [6, 6.07) is 7.11. The summed E-state index contributed by atoms with van der Waals surface area (Å²) in [5.74, 6) is -0.112. The monoisotopic (exact) mass is 346 g/mol. The minimum atomic E-state index is -3.39. The van der Waals surface area contributed by atoms with Gasteiger partial charge in [-0.2, -0.15) is 4.31 Å². The molecule has 1 rings (SSSR count). The standard InChI is InChI=1S/C15H23ClN2O3S/c1-15(2,3)14(19)17-9-10-18(22(4,20)21)11-12-7-5-6-8-13(12)16/h5-8H,9-11H2,1-4H3,(H,17,19). The van der Waals surface area contributed by atoms with Crippen LogP contribution in [0.4, 0.5) is 0 Å². The molecular formula is C15H23ClN2O3S. The quantitative estimate of drug-likeness (QED) is 0.859. The Bertz CT molecular complexity index is 624. The first-order valence-electron chi connectivity index (χ1n) is 6.98. The maximum absolute atomic E-state index is 11.9. The van der Waals surface area contributed by atoms with Gasteiger partial charge in [0.05, 0.1) is 6.26 Å². The number of rotatable bonds is 6. The average molecular weight is 347 g/mol. The summed E-state index contributed by atoms with van der Waals surface area (Å²) in [7, 11) is -3.39. The van der Waals surface area contributed by atoms with Crippen LogP contribution in [0.25, 0.3) is 0 Å². The third-order valence-corrected chi connectivity index (χ3v) is 4.72. The molecule has 0 heterocycles. The molecule has 0 radical (unpaired) electrons. The highest BCUT2D eigenvalue weighted by atomic mass is 35.5. The second-order valence-electron chi connectivity index (χ2n) is 6.19. The lowest BCUT2D eigenvalue weighted by molar-refractivity contribution is -0.128. The molecule has 5 nitrogen and oxygen atoms in total. The second kappa shape index (κ2) is 7.44. The molecule has 0 saturated carbocycles. The molecule has 7 heteroatoms. The molecule has 1 aromatic carbocycles. The molecule has 1 N–H and O–H groups in total. The van der Waals surface area contributed by atoms with Gasteiger partial charge >= 0.3 is 0 Å². The van der Waals surface area contributed by atoms with Gasteiger partial charge in [0.15, 0.2) is 0 Å². The average Bonchev–Trinajstić information content (AvgIpc) is 2.37. The zero-order valence-corrected chi connectivity index (χ0v) is 15.0. The third-order valence-electron chi connectivity index (χ3n) is 3.10. The van der Waals surface area contributed by atoms with Gasteiger partial charge in [-0.25, -0.2) is 8.42 Å². The summed E-state index contributed by atoms with van der Waals surface area (Å²) < 4.78 is 25.1. The van der Waals surface area contributed by atoms with Gasteiger partial charge in [-0.15, -0.1) is 0 Å². The molecule has 0 bridgehead atoms. The van der Waals surface area contributed by atoms with E-state index in [-0.39, 0.29) is 25.5 Å². The number of carbonyl (C=O) groups is 1. The van der Waals surface area contributed by atoms with Crippen molar-refractivity contribution in [1.82, 2.24) is 9.62 Å². The fourth-order valence-corrected chi connectivity index (χ4v) is 2.73. The van der Waals surface area contributed by atoms with Crippen molar-refractivity contribution in [3.8, 4) is 0 Å². The van der Waals surface area contributed by atoms with Crippen LogP contribution in [-0.2, 0) is 21.4 Å². The lowest BCUT2D eigenvalue weighted by atomic mass is 9.96. The van der Waals surface area contributed by atoms with E-state index in [1.807, 2.05) is 6.07 Å². The summed E-state index contributed by atoms with van der Waals surface area (Å²) in [4.78, 5) is 11.8. The molecule has 22 heavy (non-hydrogen) atoms. The second-order valence-corrected chi connectivity index (χ2v) is 8.58. The predicted octanol–water partition coefficient (Wildman–Crippen LogP) is 2.26. The van der Waals surface area contributed by atoms with E-state index >= 15 is 0 Å². The Labute approximate surface area is 137 Å². The largest absolute Gasteiger partial charge is 0.354 e. The van der Waals surface area contributed by atoms with Crippen LogP contribution in [0, 0.1) is 5.41 Å². The highest BCUT2D eigenvalue weighted by molar-refractivity contribution is 7.88. The number of nitrogens with one attached hydrogen (secondary N) is 1. The van der Waals surface area contributed by atoms with Crippen LogP contribution in [0.5, 0.6) is 0 Å². The molecular weight excluding hydrogens is 324 g/mol. The van der Waals surface area contributed by atoms with Crippen molar-refractivity contribution in [2.45, 2.75) is 27.3 Å². The highest BCUT2D eigenvalue weighted by Crippen LogP contribution is 2.18. The third kappa shape index (κ3) is 5.94. The van der Waals surface area contributed by atoms with E-state index in [1.165, 1.54) is 4.31 Å². The molecule has 0 spiro atoms. The number of nitrogens with zero attached hydrogens (tertiary/aromatic N) is 1. The van der Waals surface area contributed by atoms with Crippen LogP contribution >= 0.6 is 11.6 Å². The fourth-order valence-electron chi connectivity index (χ4n) is 1.74. The number of hydrogen-bond donors (Lipinski definition) is 1. The van der Waals surface area contributed by atoms with Crippen LogP contribution in [0.2, 0.25) is 5.02 Å². The number of benzene rings is 1. The van der Waals surface area contributed by atoms with Gasteiger partial charge in [-0.05, 0) is 11.6 Å². The Balaban J connectivity index is 2.72. The van der Waals surface area contributed by atoms with Crippen molar-refractivity contribution >= 4 is 27.5 Å². The summed E-state index contributed by atoms with van der Waals surface area (Å²) in [5.41, 5.74) is 0.232. The van der Waals surface area contributed by atoms with Gasteiger partial charge in [0.25, 0.3) is 0 Å². The van der Waals surface area contributed by atoms with Gasteiger partial charge < -0.3 is 5.32 Å². The summed E-state index contributed by atoms with van der Waals surface area (Å²) in [6.07, 6.45) is 1.15. The Kier molecular flexibility index (Phi) is 6.40. The van der Waals surface area contributed by atoms with Gasteiger partial charge in [0.1, 0.15) is 0 Å². The van der Waals surface area contributed by atoms with E-state index in [0.717, 1.165) is 11.8 Å². The molecule has 0 aliphatic rings. The van der Waals surface area contributed by atoms with Crippen LogP contribution in [-0.4, -0.2) is 38.0 Å². The zero-order chi connectivity index (χ0) is 17.0. The van der Waals surface area contributed by atoms with Crippen LogP contribution in [0.15, 0.2) is 24.3 Å². The van der Waals surface area contributed by atoms with E-state index in [1.54, 1.807) is 39.0 Å². The summed E-state index contributed by atoms with van der Waals surface area (Å²) in [6.45, 7) is 6.06. The number of sulfonamides is 1. The van der Waals surface area contributed by atoms with E-state index in [0.29, 0.717) is 5.02 Å². The normalized spacial score (nSPS) is 12.5. The first-order chi connectivity index (χ1) is 10.0. The minimum absolute atomic E-state index is 0.112. The molecule has 1 amide bonds. The van der Waals surface area contributed by atoms with Crippen molar-refractivity contribution in [3.63, 3.8) is 0 Å². The molecule has 0 atom stereocenters. The molecule has 0 aromatic heterocycles. The zero-order valence-electron chi connectivity index (χ0n) is 13.4. The van der Waals surface area contributed by atoms with Crippen LogP contribution < -0.4 is 5.32 Å². The maximum Gasteiger partial charge on any atom is 0.225 e. The first kappa shape index (κ1) is 18.9. The van der Waals surface area contributed by atoms with Crippen molar-refractivity contribution in [1.29, 1.82) is 0 Å². The topological polar surface area (TPSA) is 66.5 Å². The number of hydrogen-bond acceptors (Lipinski definition) is 3. The molecule has 0 aliphatic carbocycles. The minimum Gasteiger partial charge on any atom is -0.354 e. The Hall–Kier alpha value is -1.11. The van der Waals surface area contributed by atoms with Crippen molar-refractivity contribution in [2.24, 2.45) is 5.41 Å². The van der Waals surface area contributed by atoms with Gasteiger partial charge in [-0.1, -0.05) is 50.6 Å². The predicted molar refractivity (Wildman–Crippen MR) is 89.2 cm³/mol.